The number of aryl methyl sites for hydroxylation is 1. The van der Waals surface area contributed by atoms with Gasteiger partial charge in [0.2, 0.25) is 5.91 Å². The highest BCUT2D eigenvalue weighted by atomic mass is 16.5. The number of carbonyl (C=O) groups is 5. The molecule has 4 aromatic rings. The average Bonchev–Trinajstić information content (AvgIpc) is 3.83. The number of pyridine rings is 1. The summed E-state index contributed by atoms with van der Waals surface area (Å²) in [4.78, 5) is 67.1. The standard InChI is InChI=1S/C44H60N6O5.C7H13NO.C3H4O/c1-10-49-38-19-18-33(25-35(38)36(26-44(5,6)27-55-28-51)41(49)34-17-14-20-45-39(34)30(4)54-9)32-16-13-15-31(23-32)24-37(43(53)50-22-12-11-21-46-50)47-42(52)40(29(2)3)48(7)8;1-6-3-7(5-9)4-8(6)2;1-2-3-4/h13-20,23,25,28-30,37,40,46H,10-12,21-22,24,26-27H2,1-9H3,(H,47,52);5-7H,3-4H2,1-2H3;2-3H,1H2. The van der Waals surface area contributed by atoms with Crippen LogP contribution in [0.3, 0.4) is 0 Å². The number of aromatic nitrogens is 2. The summed E-state index contributed by atoms with van der Waals surface area (Å²) >= 11 is 0. The van der Waals surface area contributed by atoms with Gasteiger partial charge in [0.05, 0.1) is 30.1 Å². The van der Waals surface area contributed by atoms with Crippen molar-refractivity contribution in [3.8, 4) is 22.4 Å². The SMILES string of the molecule is C=CC=O.CC1CC(C=O)CN1C.CCn1c(-c2cccnc2C(C)OC)c(CC(C)(C)COC=O)c2cc(-c3cccc(CC(NC(=O)C(C(C)C)N(C)C)C(=O)N4CCCCN4)c3)ccc21. The van der Waals surface area contributed by atoms with E-state index in [0.717, 1.165) is 95.3 Å². The van der Waals surface area contributed by atoms with Crippen LogP contribution in [0.25, 0.3) is 33.3 Å². The number of aldehydes is 2. The Balaban J connectivity index is 0.000000673. The molecule has 4 heterocycles. The summed E-state index contributed by atoms with van der Waals surface area (Å²) in [5.74, 6) is 0.0862. The van der Waals surface area contributed by atoms with Crippen molar-refractivity contribution in [3.63, 3.8) is 0 Å². The molecular weight excluding hydrogens is 859 g/mol. The monoisotopic (exact) mass is 936 g/mol. The molecule has 2 aromatic carbocycles. The van der Waals surface area contributed by atoms with E-state index in [1.165, 1.54) is 6.08 Å². The highest BCUT2D eigenvalue weighted by molar-refractivity contribution is 5.95. The largest absolute Gasteiger partial charge is 0.467 e. The van der Waals surface area contributed by atoms with E-state index in [1.807, 2.05) is 58.0 Å². The van der Waals surface area contributed by atoms with Crippen molar-refractivity contribution < 1.29 is 33.4 Å². The number of rotatable bonds is 19. The third-order valence-electron chi connectivity index (χ3n) is 12.9. The third-order valence-corrected chi connectivity index (χ3v) is 12.9. The molecule has 5 atom stereocenters. The molecule has 0 saturated carbocycles. The van der Waals surface area contributed by atoms with Crippen molar-refractivity contribution in [2.45, 2.75) is 111 Å². The first-order valence-corrected chi connectivity index (χ1v) is 24.0. The molecule has 5 unspecified atom stereocenters. The van der Waals surface area contributed by atoms with Gasteiger partial charge in [-0.2, -0.15) is 0 Å². The van der Waals surface area contributed by atoms with Gasteiger partial charge in [-0.1, -0.05) is 64.6 Å². The third kappa shape index (κ3) is 14.5. The molecule has 2 aliphatic heterocycles. The number of hydrogen-bond donors (Lipinski definition) is 2. The number of fused-ring (bicyclic) bond motifs is 1. The zero-order valence-electron chi connectivity index (χ0n) is 42.4. The number of nitrogens with one attached hydrogen (secondary N) is 2. The second-order valence-electron chi connectivity index (χ2n) is 19.4. The number of hydrazine groups is 1. The second-order valence-corrected chi connectivity index (χ2v) is 19.4. The molecule has 2 aromatic heterocycles. The fourth-order valence-corrected chi connectivity index (χ4v) is 9.37. The van der Waals surface area contributed by atoms with Gasteiger partial charge in [0.25, 0.3) is 12.4 Å². The van der Waals surface area contributed by atoms with Crippen LogP contribution in [-0.4, -0.2) is 128 Å². The van der Waals surface area contributed by atoms with Crippen molar-refractivity contribution in [2.75, 3.05) is 54.5 Å². The Hall–Kier alpha value is -5.54. The number of carbonyl (C=O) groups excluding carboxylic acids is 5. The number of nitrogens with zero attached hydrogens (tertiary/aromatic N) is 5. The zero-order chi connectivity index (χ0) is 50.1. The van der Waals surface area contributed by atoms with E-state index in [4.69, 9.17) is 19.3 Å². The van der Waals surface area contributed by atoms with Crippen molar-refractivity contribution >= 4 is 41.8 Å². The molecular formula is C54H77N7O7. The van der Waals surface area contributed by atoms with Crippen LogP contribution in [0.4, 0.5) is 0 Å². The predicted octanol–water partition coefficient (Wildman–Crippen LogP) is 7.48. The molecule has 0 radical (unpaired) electrons. The first-order chi connectivity index (χ1) is 32.4. The van der Waals surface area contributed by atoms with Gasteiger partial charge in [0.15, 0.2) is 0 Å². The molecule has 68 heavy (non-hydrogen) atoms. The molecule has 2 N–H and O–H groups in total. The van der Waals surface area contributed by atoms with Gasteiger partial charge >= 0.3 is 0 Å². The van der Waals surface area contributed by atoms with Crippen LogP contribution in [0.5, 0.6) is 0 Å². The minimum absolute atomic E-state index is 0.0707. The number of likely N-dealkylation sites (tertiary alicyclic amines) is 1. The van der Waals surface area contributed by atoms with Crippen LogP contribution in [-0.2, 0) is 52.8 Å². The lowest BCUT2D eigenvalue weighted by molar-refractivity contribution is -0.141. The molecule has 6 rings (SSSR count). The van der Waals surface area contributed by atoms with Crippen LogP contribution in [0, 0.1) is 17.3 Å². The van der Waals surface area contributed by atoms with Gasteiger partial charge in [-0.25, -0.2) is 5.43 Å². The molecule has 2 fully saturated rings. The lowest BCUT2D eigenvalue weighted by Crippen LogP contribution is -2.58. The van der Waals surface area contributed by atoms with E-state index in [2.05, 4.69) is 97.9 Å². The summed E-state index contributed by atoms with van der Waals surface area (Å²) in [5, 5.41) is 5.92. The second kappa shape index (κ2) is 26.3. The van der Waals surface area contributed by atoms with Gasteiger partial charge < -0.3 is 29.1 Å². The topological polar surface area (TPSA) is 155 Å². The molecule has 14 nitrogen and oxygen atoms in total. The molecule has 0 aliphatic carbocycles. The molecule has 2 amide bonds. The lowest BCUT2D eigenvalue weighted by atomic mass is 9.84. The maximum Gasteiger partial charge on any atom is 0.293 e. The first-order valence-electron chi connectivity index (χ1n) is 24.0. The van der Waals surface area contributed by atoms with Crippen LogP contribution in [0.2, 0.25) is 0 Å². The summed E-state index contributed by atoms with van der Waals surface area (Å²) in [6.07, 6.45) is 8.46. The minimum Gasteiger partial charge on any atom is -0.467 e. The number of likely N-dealkylation sites (N-methyl/N-ethyl adjacent to an activating group) is 1. The Morgan fingerprint density at radius 2 is 1.76 bits per heavy atom. The molecule has 0 spiro atoms. The Bertz CT molecular complexity index is 2280. The molecule has 2 saturated heterocycles. The number of hydrogen-bond acceptors (Lipinski definition) is 11. The van der Waals surface area contributed by atoms with Crippen LogP contribution in [0.1, 0.15) is 90.7 Å². The van der Waals surface area contributed by atoms with Crippen molar-refractivity contribution in [3.05, 3.63) is 90.3 Å². The van der Waals surface area contributed by atoms with E-state index >= 15 is 0 Å². The quantitative estimate of drug-likeness (QED) is 0.0711. The van der Waals surface area contributed by atoms with Gasteiger partial charge in [-0.05, 0) is 126 Å². The fourth-order valence-electron chi connectivity index (χ4n) is 9.37. The summed E-state index contributed by atoms with van der Waals surface area (Å²) in [7, 11) is 7.55. The molecule has 370 valence electrons. The van der Waals surface area contributed by atoms with Crippen LogP contribution < -0.4 is 10.7 Å². The van der Waals surface area contributed by atoms with Crippen molar-refractivity contribution in [1.82, 2.24) is 35.1 Å². The maximum atomic E-state index is 14.0. The van der Waals surface area contributed by atoms with E-state index in [0.29, 0.717) is 44.1 Å². The predicted molar refractivity (Wildman–Crippen MR) is 271 cm³/mol. The number of benzene rings is 2. The summed E-state index contributed by atoms with van der Waals surface area (Å²) in [6.45, 7) is 21.5. The molecule has 2 aliphatic rings. The van der Waals surface area contributed by atoms with Gasteiger partial charge in [-0.15, -0.1) is 0 Å². The van der Waals surface area contributed by atoms with E-state index < -0.39 is 6.04 Å². The average molecular weight is 936 g/mol. The van der Waals surface area contributed by atoms with Gasteiger partial charge in [-0.3, -0.25) is 34.1 Å². The van der Waals surface area contributed by atoms with Gasteiger partial charge in [0, 0.05) is 79.7 Å². The Kier molecular flexibility index (Phi) is 21.3. The van der Waals surface area contributed by atoms with Crippen LogP contribution >= 0.6 is 0 Å². The highest BCUT2D eigenvalue weighted by Gasteiger charge is 2.33. The van der Waals surface area contributed by atoms with Crippen molar-refractivity contribution in [1.29, 1.82) is 0 Å². The summed E-state index contributed by atoms with van der Waals surface area (Å²) in [5.41, 5.74) is 11.1. The maximum absolute atomic E-state index is 14.0. The summed E-state index contributed by atoms with van der Waals surface area (Å²) < 4.78 is 13.4. The number of amides is 2. The van der Waals surface area contributed by atoms with Crippen LogP contribution in [0.15, 0.2) is 73.4 Å². The van der Waals surface area contributed by atoms with E-state index in [-0.39, 0.29) is 41.9 Å². The summed E-state index contributed by atoms with van der Waals surface area (Å²) in [6, 6.07) is 18.4. The highest BCUT2D eigenvalue weighted by Crippen LogP contribution is 2.42. The molecule has 0 bridgehead atoms. The van der Waals surface area contributed by atoms with Gasteiger partial charge in [0.1, 0.15) is 18.6 Å². The minimum atomic E-state index is -0.733. The van der Waals surface area contributed by atoms with Crippen molar-refractivity contribution in [2.24, 2.45) is 17.3 Å². The first kappa shape index (κ1) is 55.1. The van der Waals surface area contributed by atoms with E-state index in [1.54, 1.807) is 18.3 Å². The fraction of sp³-hybridized carbons (Fsp3) is 0.519. The number of methoxy groups -OCH3 is 1. The normalized spacial score (nSPS) is 17.6. The smallest absolute Gasteiger partial charge is 0.293 e. The Labute approximate surface area is 404 Å². The Morgan fingerprint density at radius 3 is 2.32 bits per heavy atom. The molecule has 14 heteroatoms. The van der Waals surface area contributed by atoms with E-state index in [9.17, 15) is 19.2 Å². The Morgan fingerprint density at radius 1 is 1.04 bits per heavy atom. The zero-order valence-corrected chi connectivity index (χ0v) is 42.4. The number of ether oxygens (including phenoxy) is 2. The number of allylic oxidation sites excluding steroid dienone is 1. The lowest BCUT2D eigenvalue weighted by Gasteiger charge is -2.33.